The van der Waals surface area contributed by atoms with Gasteiger partial charge in [-0.1, -0.05) is 35.9 Å². The predicted octanol–water partition coefficient (Wildman–Crippen LogP) is 3.08. The Bertz CT molecular complexity index is 1160. The molecule has 8 nitrogen and oxygen atoms in total. The molecule has 3 aromatic rings. The van der Waals surface area contributed by atoms with Gasteiger partial charge in [-0.15, -0.1) is 0 Å². The number of nitrogens with zero attached hydrogens (tertiary/aromatic N) is 4. The van der Waals surface area contributed by atoms with Crippen molar-refractivity contribution in [1.82, 2.24) is 19.1 Å². The predicted molar refractivity (Wildman–Crippen MR) is 120 cm³/mol. The normalized spacial score (nSPS) is 17.6. The van der Waals surface area contributed by atoms with Crippen molar-refractivity contribution in [3.8, 4) is 0 Å². The Morgan fingerprint density at radius 1 is 1.13 bits per heavy atom. The van der Waals surface area contributed by atoms with E-state index >= 15 is 0 Å². The Hall–Kier alpha value is -2.75. The second-order valence-corrected chi connectivity index (χ2v) is 9.80. The molecule has 2 aromatic heterocycles. The van der Waals surface area contributed by atoms with E-state index < -0.39 is 16.1 Å². The fourth-order valence-corrected chi connectivity index (χ4v) is 5.11. The van der Waals surface area contributed by atoms with Crippen LogP contribution in [0.15, 0.2) is 48.5 Å². The molecule has 0 amide bonds. The molecule has 0 radical (unpaired) electrons. The molecule has 1 aromatic carbocycles. The van der Waals surface area contributed by atoms with Crippen LogP contribution in [-0.2, 0) is 27.6 Å². The third-order valence-corrected chi connectivity index (χ3v) is 7.14. The third-order valence-electron chi connectivity index (χ3n) is 5.32. The molecule has 0 aliphatic carbocycles. The lowest BCUT2D eigenvalue weighted by molar-refractivity contribution is -0.00490. The number of pyridine rings is 1. The highest BCUT2D eigenvalue weighted by Gasteiger charge is 2.31. The first-order valence-corrected chi connectivity index (χ1v) is 11.8. The number of ether oxygens (including phenoxy) is 1. The van der Waals surface area contributed by atoms with Crippen molar-refractivity contribution < 1.29 is 13.2 Å². The van der Waals surface area contributed by atoms with Crippen molar-refractivity contribution in [2.75, 3.05) is 25.0 Å². The quantitative estimate of drug-likeness (QED) is 0.632. The zero-order valence-electron chi connectivity index (χ0n) is 17.9. The fraction of sp³-hybridized carbons (Fsp3) is 0.364. The van der Waals surface area contributed by atoms with Gasteiger partial charge in [0, 0.05) is 31.9 Å². The van der Waals surface area contributed by atoms with E-state index in [1.807, 2.05) is 69.4 Å². The molecule has 0 spiro atoms. The number of hydrogen-bond acceptors (Lipinski definition) is 6. The molecular formula is C22H27N5O3S. The molecular weight excluding hydrogens is 414 g/mol. The van der Waals surface area contributed by atoms with Crippen molar-refractivity contribution in [2.24, 2.45) is 7.05 Å². The zero-order chi connectivity index (χ0) is 22.0. The third kappa shape index (κ3) is 5.12. The van der Waals surface area contributed by atoms with Crippen LogP contribution in [0.1, 0.15) is 28.6 Å². The molecule has 4 rings (SSSR count). The Morgan fingerprint density at radius 2 is 1.94 bits per heavy atom. The molecule has 1 aliphatic rings. The minimum Gasteiger partial charge on any atom is -0.369 e. The molecule has 0 saturated carbocycles. The summed E-state index contributed by atoms with van der Waals surface area (Å²) >= 11 is 0. The van der Waals surface area contributed by atoms with Gasteiger partial charge in [0.25, 0.3) is 0 Å². The topological polar surface area (TPSA) is 89.4 Å². The van der Waals surface area contributed by atoms with Gasteiger partial charge in [0.1, 0.15) is 11.9 Å². The van der Waals surface area contributed by atoms with Crippen LogP contribution in [0.5, 0.6) is 0 Å². The lowest BCUT2D eigenvalue weighted by atomic mass is 10.2. The van der Waals surface area contributed by atoms with Crippen LogP contribution in [0.4, 0.5) is 11.6 Å². The minimum atomic E-state index is -3.46. The van der Waals surface area contributed by atoms with E-state index in [0.29, 0.717) is 30.5 Å². The molecule has 31 heavy (non-hydrogen) atoms. The number of sulfonamides is 1. The van der Waals surface area contributed by atoms with Crippen molar-refractivity contribution >= 4 is 21.7 Å². The Kier molecular flexibility index (Phi) is 6.08. The molecule has 9 heteroatoms. The van der Waals surface area contributed by atoms with Gasteiger partial charge in [0.15, 0.2) is 5.82 Å². The van der Waals surface area contributed by atoms with E-state index in [1.54, 1.807) is 4.68 Å². The van der Waals surface area contributed by atoms with Crippen LogP contribution in [0.3, 0.4) is 0 Å². The number of nitrogens with one attached hydrogen (secondary N) is 1. The molecule has 1 N–H and O–H groups in total. The smallest absolute Gasteiger partial charge is 0.218 e. The SMILES string of the molecule is Cc1cccc(CS(=O)(=O)N2CCOC(c3cccc(Nc4cc(C)n(C)n4)n3)C2)c1. The molecule has 0 bridgehead atoms. The summed E-state index contributed by atoms with van der Waals surface area (Å²) in [5, 5.41) is 7.58. The maximum absolute atomic E-state index is 13.0. The number of rotatable bonds is 6. The van der Waals surface area contributed by atoms with E-state index in [4.69, 9.17) is 4.74 Å². The maximum atomic E-state index is 13.0. The summed E-state index contributed by atoms with van der Waals surface area (Å²) in [5.74, 6) is 1.32. The molecule has 1 aliphatic heterocycles. The van der Waals surface area contributed by atoms with Gasteiger partial charge in [-0.05, 0) is 31.5 Å². The van der Waals surface area contributed by atoms with Crippen LogP contribution in [0, 0.1) is 13.8 Å². The first-order valence-electron chi connectivity index (χ1n) is 10.2. The fourth-order valence-electron chi connectivity index (χ4n) is 3.61. The van der Waals surface area contributed by atoms with E-state index in [1.165, 1.54) is 4.31 Å². The van der Waals surface area contributed by atoms with Crippen LogP contribution in [0.25, 0.3) is 0 Å². The lowest BCUT2D eigenvalue weighted by Gasteiger charge is -2.32. The summed E-state index contributed by atoms with van der Waals surface area (Å²) in [6, 6.07) is 15.1. The summed E-state index contributed by atoms with van der Waals surface area (Å²) in [7, 11) is -1.58. The van der Waals surface area contributed by atoms with Gasteiger partial charge < -0.3 is 10.1 Å². The number of morpholine rings is 1. The Morgan fingerprint density at radius 3 is 2.68 bits per heavy atom. The van der Waals surface area contributed by atoms with Gasteiger partial charge >= 0.3 is 0 Å². The van der Waals surface area contributed by atoms with E-state index in [-0.39, 0.29) is 12.3 Å². The second kappa shape index (κ2) is 8.78. The van der Waals surface area contributed by atoms with Crippen molar-refractivity contribution in [1.29, 1.82) is 0 Å². The summed E-state index contributed by atoms with van der Waals surface area (Å²) in [5.41, 5.74) is 3.55. The number of anilines is 2. The van der Waals surface area contributed by atoms with Crippen molar-refractivity contribution in [2.45, 2.75) is 25.7 Å². The van der Waals surface area contributed by atoms with E-state index in [9.17, 15) is 8.42 Å². The van der Waals surface area contributed by atoms with Crippen LogP contribution in [-0.4, -0.2) is 47.2 Å². The first kappa shape index (κ1) is 21.5. The van der Waals surface area contributed by atoms with Gasteiger partial charge in [-0.3, -0.25) is 4.68 Å². The average Bonchev–Trinajstić information content (AvgIpc) is 3.05. The van der Waals surface area contributed by atoms with Gasteiger partial charge in [0.05, 0.1) is 18.1 Å². The highest BCUT2D eigenvalue weighted by Crippen LogP contribution is 2.25. The van der Waals surface area contributed by atoms with Crippen LogP contribution >= 0.6 is 0 Å². The highest BCUT2D eigenvalue weighted by molar-refractivity contribution is 7.88. The number of aryl methyl sites for hydroxylation is 3. The molecule has 164 valence electrons. The molecule has 1 fully saturated rings. The van der Waals surface area contributed by atoms with Crippen molar-refractivity contribution in [3.05, 3.63) is 71.0 Å². The summed E-state index contributed by atoms with van der Waals surface area (Å²) in [4.78, 5) is 4.64. The molecule has 1 saturated heterocycles. The monoisotopic (exact) mass is 441 g/mol. The van der Waals surface area contributed by atoms with Gasteiger partial charge in [0.2, 0.25) is 10.0 Å². The molecule has 3 heterocycles. The Balaban J connectivity index is 1.48. The summed E-state index contributed by atoms with van der Waals surface area (Å²) < 4.78 is 35.2. The number of aromatic nitrogens is 3. The lowest BCUT2D eigenvalue weighted by Crippen LogP contribution is -2.42. The van der Waals surface area contributed by atoms with Crippen LogP contribution in [0.2, 0.25) is 0 Å². The number of benzene rings is 1. The molecule has 1 unspecified atom stereocenters. The second-order valence-electron chi connectivity index (χ2n) is 7.83. The first-order chi connectivity index (χ1) is 14.8. The maximum Gasteiger partial charge on any atom is 0.218 e. The largest absolute Gasteiger partial charge is 0.369 e. The minimum absolute atomic E-state index is 0.0184. The van der Waals surface area contributed by atoms with Crippen LogP contribution < -0.4 is 5.32 Å². The Labute approximate surface area is 182 Å². The highest BCUT2D eigenvalue weighted by atomic mass is 32.2. The molecule has 1 atom stereocenters. The van der Waals surface area contributed by atoms with E-state index in [0.717, 1.165) is 16.8 Å². The standard InChI is InChI=1S/C22H27N5O3S/c1-16-6-4-7-18(12-16)15-31(28,29)27-10-11-30-20(14-27)19-8-5-9-21(23-19)24-22-13-17(2)26(3)25-22/h4-9,12-13,20H,10-11,14-15H2,1-3H3,(H,23,24,25). The van der Waals surface area contributed by atoms with Crippen molar-refractivity contribution in [3.63, 3.8) is 0 Å². The number of hydrogen-bond donors (Lipinski definition) is 1. The van der Waals surface area contributed by atoms with Gasteiger partial charge in [-0.2, -0.15) is 9.40 Å². The zero-order valence-corrected chi connectivity index (χ0v) is 18.8. The summed E-state index contributed by atoms with van der Waals surface area (Å²) in [6.07, 6.45) is -0.423. The average molecular weight is 442 g/mol. The van der Waals surface area contributed by atoms with E-state index in [2.05, 4.69) is 15.4 Å². The summed E-state index contributed by atoms with van der Waals surface area (Å²) in [6.45, 7) is 4.85. The van der Waals surface area contributed by atoms with Gasteiger partial charge in [-0.25, -0.2) is 13.4 Å².